The van der Waals surface area contributed by atoms with Crippen molar-refractivity contribution in [3.05, 3.63) is 45.4 Å². The molecule has 4 rings (SSSR count). The molecule has 158 valence electrons. The zero-order valence-corrected chi connectivity index (χ0v) is 17.4. The maximum atomic E-state index is 13.2. The van der Waals surface area contributed by atoms with E-state index in [-0.39, 0.29) is 11.5 Å². The molecule has 0 aliphatic carbocycles. The van der Waals surface area contributed by atoms with E-state index in [0.29, 0.717) is 29.8 Å². The number of hydrogen-bond acceptors (Lipinski definition) is 8. The Labute approximate surface area is 174 Å². The molecule has 1 aromatic carbocycles. The van der Waals surface area contributed by atoms with Crippen LogP contribution in [0.2, 0.25) is 0 Å². The quantitative estimate of drug-likeness (QED) is 0.504. The molecule has 3 aromatic rings. The molecule has 2 aromatic heterocycles. The Morgan fingerprint density at radius 2 is 2.20 bits per heavy atom. The van der Waals surface area contributed by atoms with Gasteiger partial charge in [-0.05, 0) is 42.1 Å². The second kappa shape index (κ2) is 8.66. The summed E-state index contributed by atoms with van der Waals surface area (Å²) in [4.78, 5) is 21.7. The summed E-state index contributed by atoms with van der Waals surface area (Å²) in [6.45, 7) is 4.87. The molecule has 9 nitrogen and oxygen atoms in total. The van der Waals surface area contributed by atoms with Crippen LogP contribution in [0.3, 0.4) is 0 Å². The number of ether oxygens (including phenoxy) is 1. The Hall–Kier alpha value is -3.20. The van der Waals surface area contributed by atoms with E-state index in [9.17, 15) is 4.79 Å². The van der Waals surface area contributed by atoms with Gasteiger partial charge in [0.1, 0.15) is 22.5 Å². The fourth-order valence-electron chi connectivity index (χ4n) is 3.82. The van der Waals surface area contributed by atoms with Gasteiger partial charge in [-0.3, -0.25) is 4.79 Å². The number of nitrogens with zero attached hydrogens (tertiary/aromatic N) is 4. The summed E-state index contributed by atoms with van der Waals surface area (Å²) in [6, 6.07) is 4.10. The lowest BCUT2D eigenvalue weighted by molar-refractivity contribution is 0.405. The fourth-order valence-corrected chi connectivity index (χ4v) is 3.82. The molecular formula is C21H27N7O2. The normalized spacial score (nSPS) is 13.3. The Balaban J connectivity index is 1.73. The smallest absolute Gasteiger partial charge is 0.280 e. The van der Waals surface area contributed by atoms with Gasteiger partial charge in [0.15, 0.2) is 0 Å². The van der Waals surface area contributed by atoms with Gasteiger partial charge in [0.05, 0.1) is 19.9 Å². The number of hydrogen-bond donors (Lipinski definition) is 3. The molecular weight excluding hydrogens is 382 g/mol. The number of aromatic nitrogens is 4. The molecule has 0 radical (unpaired) electrons. The predicted octanol–water partition coefficient (Wildman–Crippen LogP) is 1.68. The molecule has 0 saturated carbocycles. The van der Waals surface area contributed by atoms with Crippen molar-refractivity contribution >= 4 is 22.7 Å². The Bertz CT molecular complexity index is 1110. The first-order valence-electron chi connectivity index (χ1n) is 10.3. The Kier molecular flexibility index (Phi) is 5.80. The molecule has 0 bridgehead atoms. The second-order valence-corrected chi connectivity index (χ2v) is 7.44. The summed E-state index contributed by atoms with van der Waals surface area (Å²) in [5.74, 6) is 1.43. The highest BCUT2D eigenvalue weighted by atomic mass is 16.5. The van der Waals surface area contributed by atoms with Gasteiger partial charge in [-0.25, -0.2) is 9.67 Å². The zero-order valence-electron chi connectivity index (χ0n) is 17.4. The standard InChI is InChI=1S/C21H27N7O2/c1-3-4-6-24-19-18-16(26-21(22)27-19)11-25-28(20(18)29)12-13-8-14-10-23-7-5-15(14)17(9-13)30-2/h8-9,11,23H,3-7,10,12H2,1-2H3,(H3,22,24,26,27). The average Bonchev–Trinajstić information content (AvgIpc) is 2.75. The number of fused-ring (bicyclic) bond motifs is 2. The van der Waals surface area contributed by atoms with Crippen LogP contribution in [-0.4, -0.2) is 39.9 Å². The predicted molar refractivity (Wildman–Crippen MR) is 117 cm³/mol. The first kappa shape index (κ1) is 20.1. The van der Waals surface area contributed by atoms with Gasteiger partial charge in [-0.1, -0.05) is 19.4 Å². The molecule has 3 heterocycles. The lowest BCUT2D eigenvalue weighted by atomic mass is 9.97. The first-order valence-corrected chi connectivity index (χ1v) is 10.3. The van der Waals surface area contributed by atoms with Gasteiger partial charge in [-0.2, -0.15) is 10.1 Å². The van der Waals surface area contributed by atoms with Crippen LogP contribution in [0.4, 0.5) is 11.8 Å². The molecule has 0 atom stereocenters. The van der Waals surface area contributed by atoms with Gasteiger partial charge in [0, 0.05) is 13.1 Å². The molecule has 0 fully saturated rings. The molecule has 0 amide bonds. The van der Waals surface area contributed by atoms with E-state index in [1.807, 2.05) is 6.07 Å². The van der Waals surface area contributed by atoms with Crippen LogP contribution in [0.1, 0.15) is 36.5 Å². The minimum atomic E-state index is -0.249. The highest BCUT2D eigenvalue weighted by Gasteiger charge is 2.17. The topological polar surface area (TPSA) is 120 Å². The Morgan fingerprint density at radius 3 is 3.00 bits per heavy atom. The number of methoxy groups -OCH3 is 1. The molecule has 1 aliphatic rings. The van der Waals surface area contributed by atoms with E-state index in [4.69, 9.17) is 10.5 Å². The lowest BCUT2D eigenvalue weighted by Crippen LogP contribution is -2.26. The van der Waals surface area contributed by atoms with Crippen LogP contribution in [-0.2, 0) is 19.5 Å². The molecule has 4 N–H and O–H groups in total. The number of unbranched alkanes of at least 4 members (excludes halogenated alkanes) is 1. The van der Waals surface area contributed by atoms with Crippen molar-refractivity contribution in [2.75, 3.05) is 31.2 Å². The van der Waals surface area contributed by atoms with Crippen molar-refractivity contribution in [3.8, 4) is 5.75 Å². The molecule has 0 spiro atoms. The number of rotatable bonds is 7. The van der Waals surface area contributed by atoms with Crippen molar-refractivity contribution in [3.63, 3.8) is 0 Å². The lowest BCUT2D eigenvalue weighted by Gasteiger charge is -2.21. The number of nitrogens with one attached hydrogen (secondary N) is 2. The SMILES string of the molecule is CCCCNc1nc(N)nc2cnn(Cc3cc4c(c(OC)c3)CCNC4)c(=O)c12. The number of benzene rings is 1. The summed E-state index contributed by atoms with van der Waals surface area (Å²) >= 11 is 0. The minimum Gasteiger partial charge on any atom is -0.496 e. The monoisotopic (exact) mass is 409 g/mol. The van der Waals surface area contributed by atoms with Crippen molar-refractivity contribution < 1.29 is 4.74 Å². The summed E-state index contributed by atoms with van der Waals surface area (Å²) in [6.07, 6.45) is 4.50. The third-order valence-electron chi connectivity index (χ3n) is 5.33. The molecule has 30 heavy (non-hydrogen) atoms. The largest absolute Gasteiger partial charge is 0.496 e. The highest BCUT2D eigenvalue weighted by molar-refractivity contribution is 5.88. The third kappa shape index (κ3) is 3.93. The van der Waals surface area contributed by atoms with Crippen LogP contribution in [0.5, 0.6) is 5.75 Å². The average molecular weight is 409 g/mol. The van der Waals surface area contributed by atoms with Crippen LogP contribution >= 0.6 is 0 Å². The van der Waals surface area contributed by atoms with E-state index >= 15 is 0 Å². The van der Waals surface area contributed by atoms with Gasteiger partial charge >= 0.3 is 0 Å². The third-order valence-corrected chi connectivity index (χ3v) is 5.33. The van der Waals surface area contributed by atoms with E-state index in [0.717, 1.165) is 43.7 Å². The van der Waals surface area contributed by atoms with Gasteiger partial charge in [0.25, 0.3) is 5.56 Å². The van der Waals surface area contributed by atoms with Crippen molar-refractivity contribution in [1.29, 1.82) is 0 Å². The van der Waals surface area contributed by atoms with E-state index < -0.39 is 0 Å². The summed E-state index contributed by atoms with van der Waals surface area (Å²) in [7, 11) is 1.68. The van der Waals surface area contributed by atoms with Gasteiger partial charge in [0.2, 0.25) is 5.95 Å². The fraction of sp³-hybridized carbons (Fsp3) is 0.429. The molecule has 0 saturated heterocycles. The number of nitrogen functional groups attached to an aromatic ring is 1. The number of nitrogens with two attached hydrogens (primary N) is 1. The van der Waals surface area contributed by atoms with Gasteiger partial charge < -0.3 is 21.1 Å². The molecule has 9 heteroatoms. The molecule has 1 aliphatic heterocycles. The maximum absolute atomic E-state index is 13.2. The van der Waals surface area contributed by atoms with Crippen LogP contribution in [0.15, 0.2) is 23.1 Å². The van der Waals surface area contributed by atoms with Crippen LogP contribution in [0, 0.1) is 0 Å². The van der Waals surface area contributed by atoms with Crippen molar-refractivity contribution in [2.45, 2.75) is 39.3 Å². The van der Waals surface area contributed by atoms with Crippen LogP contribution < -0.4 is 26.7 Å². The number of anilines is 2. The highest BCUT2D eigenvalue weighted by Crippen LogP contribution is 2.27. The summed E-state index contributed by atoms with van der Waals surface area (Å²) in [5.41, 5.74) is 9.39. The zero-order chi connectivity index (χ0) is 21.1. The van der Waals surface area contributed by atoms with E-state index in [1.165, 1.54) is 15.8 Å². The van der Waals surface area contributed by atoms with Gasteiger partial charge in [-0.15, -0.1) is 0 Å². The second-order valence-electron chi connectivity index (χ2n) is 7.44. The summed E-state index contributed by atoms with van der Waals surface area (Å²) in [5, 5.41) is 11.3. The minimum absolute atomic E-state index is 0.118. The first-order chi connectivity index (χ1) is 14.6. The van der Waals surface area contributed by atoms with E-state index in [2.05, 4.69) is 38.7 Å². The molecule has 0 unspecified atom stereocenters. The van der Waals surface area contributed by atoms with Crippen molar-refractivity contribution in [2.24, 2.45) is 0 Å². The summed E-state index contributed by atoms with van der Waals surface area (Å²) < 4.78 is 7.03. The maximum Gasteiger partial charge on any atom is 0.280 e. The Morgan fingerprint density at radius 1 is 1.33 bits per heavy atom. The van der Waals surface area contributed by atoms with Crippen LogP contribution in [0.25, 0.3) is 10.9 Å². The van der Waals surface area contributed by atoms with E-state index in [1.54, 1.807) is 13.3 Å². The van der Waals surface area contributed by atoms with Crippen molar-refractivity contribution in [1.82, 2.24) is 25.1 Å².